The third-order valence-electron chi connectivity index (χ3n) is 16.9. The zero-order valence-electron chi connectivity index (χ0n) is 49.3. The van der Waals surface area contributed by atoms with E-state index in [1.165, 1.54) is 74.7 Å². The van der Waals surface area contributed by atoms with Crippen molar-refractivity contribution in [3.8, 4) is 45.5 Å². The Bertz CT molecular complexity index is 4530. The molecule has 0 saturated carbocycles. The van der Waals surface area contributed by atoms with Gasteiger partial charge in [0.2, 0.25) is 0 Å². The van der Waals surface area contributed by atoms with Crippen LogP contribution in [-0.2, 0) is 21.7 Å². The number of fused-ring (bicyclic) bond motifs is 12. The summed E-state index contributed by atoms with van der Waals surface area (Å²) >= 11 is 11.3. The Hall–Kier alpha value is -7.87. The van der Waals surface area contributed by atoms with Gasteiger partial charge in [0.1, 0.15) is 28.0 Å². The summed E-state index contributed by atoms with van der Waals surface area (Å²) < 4.78 is 24.1. The van der Waals surface area contributed by atoms with Gasteiger partial charge in [0.05, 0.1) is 33.4 Å². The molecular weight excluding hydrogens is 1070 g/mol. The first-order valence-corrected chi connectivity index (χ1v) is 30.9. The van der Waals surface area contributed by atoms with Crippen molar-refractivity contribution in [2.75, 3.05) is 0 Å². The second kappa shape index (κ2) is 19.1. The van der Waals surface area contributed by atoms with Gasteiger partial charge < -0.3 is 18.6 Å². The molecule has 83 heavy (non-hydrogen) atoms. The lowest BCUT2D eigenvalue weighted by Gasteiger charge is -2.19. The molecule has 0 aliphatic rings. The van der Waals surface area contributed by atoms with Crippen molar-refractivity contribution < 1.29 is 9.47 Å². The fraction of sp³-hybridized carbons (Fsp3) is 0.211. The molecule has 4 nitrogen and oxygen atoms in total. The third-order valence-corrected chi connectivity index (χ3v) is 19.5. The lowest BCUT2D eigenvalue weighted by Crippen LogP contribution is -2.10. The van der Waals surface area contributed by atoms with E-state index in [4.69, 9.17) is 21.1 Å². The number of hydrogen-bond acceptors (Lipinski definition) is 4. The summed E-state index contributed by atoms with van der Waals surface area (Å²) in [6, 6.07) is 68.9. The van der Waals surface area contributed by atoms with Crippen molar-refractivity contribution in [1.82, 2.24) is 9.13 Å². The van der Waals surface area contributed by atoms with Crippen molar-refractivity contribution >= 4 is 118 Å². The molecule has 0 spiro atoms. The van der Waals surface area contributed by atoms with Crippen LogP contribution in [-0.4, -0.2) is 9.13 Å². The smallest absolute Gasteiger partial charge is 0.150 e. The topological polar surface area (TPSA) is 28.3 Å². The van der Waals surface area contributed by atoms with Crippen LogP contribution in [0.5, 0.6) is 23.0 Å². The largest absolute Gasteiger partial charge is 0.456 e. The van der Waals surface area contributed by atoms with Gasteiger partial charge >= 0.3 is 0 Å². The van der Waals surface area contributed by atoms with E-state index < -0.39 is 0 Å². The van der Waals surface area contributed by atoms with Gasteiger partial charge in [-0.1, -0.05) is 186 Å². The van der Waals surface area contributed by atoms with Crippen LogP contribution in [0.25, 0.3) is 106 Å². The molecule has 0 saturated heterocycles. The molecular formula is C76H67ClN2O2S2. The van der Waals surface area contributed by atoms with E-state index in [9.17, 15) is 0 Å². The minimum absolute atomic E-state index is 0.0293. The molecule has 7 heteroatoms. The Balaban J connectivity index is 0.965. The summed E-state index contributed by atoms with van der Waals surface area (Å²) in [6.45, 7) is 27.5. The zero-order chi connectivity index (χ0) is 57.6. The first kappa shape index (κ1) is 53.2. The molecule has 0 unspecified atom stereocenters. The number of nitrogens with zero attached hydrogens (tertiary/aromatic N) is 2. The maximum Gasteiger partial charge on any atom is 0.150 e. The molecule has 14 rings (SSSR count). The molecule has 0 N–H and O–H groups in total. The summed E-state index contributed by atoms with van der Waals surface area (Å²) in [7, 11) is 0. The van der Waals surface area contributed by atoms with E-state index in [-0.39, 0.29) is 21.7 Å². The molecule has 0 fully saturated rings. The van der Waals surface area contributed by atoms with Crippen molar-refractivity contribution in [3.05, 3.63) is 215 Å². The molecule has 4 aromatic heterocycles. The predicted octanol–water partition coefficient (Wildman–Crippen LogP) is 23.7. The molecule has 0 radical (unpaired) electrons. The minimum Gasteiger partial charge on any atom is -0.456 e. The number of thiophene rings is 2. The molecule has 14 aromatic rings. The van der Waals surface area contributed by atoms with Crippen LogP contribution in [0.15, 0.2) is 188 Å². The Labute approximate surface area is 499 Å². The Morgan fingerprint density at radius 3 is 1.01 bits per heavy atom. The van der Waals surface area contributed by atoms with E-state index in [1.807, 2.05) is 6.07 Å². The number of ether oxygens (including phenoxy) is 2. The van der Waals surface area contributed by atoms with Gasteiger partial charge in [-0.25, -0.2) is 0 Å². The molecule has 0 amide bonds. The Morgan fingerprint density at radius 2 is 0.663 bits per heavy atom. The average Bonchev–Trinajstić information content (AvgIpc) is 4.29. The highest BCUT2D eigenvalue weighted by Crippen LogP contribution is 2.50. The number of benzene rings is 10. The van der Waals surface area contributed by atoms with Crippen molar-refractivity contribution in [2.45, 2.75) is 105 Å². The van der Waals surface area contributed by atoms with Gasteiger partial charge in [-0.05, 0) is 140 Å². The first-order chi connectivity index (χ1) is 39.5. The monoisotopic (exact) mass is 1140 g/mol. The highest BCUT2D eigenvalue weighted by molar-refractivity contribution is 7.26. The van der Waals surface area contributed by atoms with Crippen molar-refractivity contribution in [2.24, 2.45) is 0 Å². The maximum atomic E-state index is 7.78. The van der Waals surface area contributed by atoms with E-state index in [2.05, 4.69) is 274 Å². The van der Waals surface area contributed by atoms with Gasteiger partial charge in [0.15, 0.2) is 0 Å². The summed E-state index contributed by atoms with van der Waals surface area (Å²) in [5.41, 5.74) is 13.7. The molecule has 10 aromatic carbocycles. The second-order valence-electron chi connectivity index (χ2n) is 26.8. The fourth-order valence-corrected chi connectivity index (χ4v) is 14.8. The SMILES string of the molecule is CC(C)(C)c1ccc2c(c1)c1cc(C(C)(C)C)ccc1n2-c1cc(Oc2cc(-c3ccccc3)cc(Oc3cc(-n4c5ccc(C(C)(C)C)cc5c5cc(C(C)(C)C)ccc54)c4c(c3)sc3ccccc34)c2Cl)cc2sc3ccccc3c12. The fourth-order valence-electron chi connectivity index (χ4n) is 12.3. The quantitative estimate of drug-likeness (QED) is 0.159. The van der Waals surface area contributed by atoms with E-state index in [1.54, 1.807) is 22.7 Å². The number of aromatic nitrogens is 2. The molecule has 0 atom stereocenters. The maximum absolute atomic E-state index is 7.78. The number of rotatable bonds is 7. The van der Waals surface area contributed by atoms with Crippen LogP contribution >= 0.6 is 34.3 Å². The van der Waals surface area contributed by atoms with Crippen LogP contribution in [0, 0.1) is 0 Å². The van der Waals surface area contributed by atoms with Crippen molar-refractivity contribution in [1.29, 1.82) is 0 Å². The molecule has 0 aliphatic carbocycles. The molecule has 0 bridgehead atoms. The van der Waals surface area contributed by atoms with E-state index >= 15 is 0 Å². The predicted molar refractivity (Wildman–Crippen MR) is 359 cm³/mol. The Morgan fingerprint density at radius 1 is 0.325 bits per heavy atom. The normalized spacial score (nSPS) is 12.9. The van der Waals surface area contributed by atoms with Gasteiger partial charge in [-0.2, -0.15) is 0 Å². The van der Waals surface area contributed by atoms with Crippen LogP contribution in [0.1, 0.15) is 105 Å². The summed E-state index contributed by atoms with van der Waals surface area (Å²) in [5, 5.41) is 10.1. The van der Waals surface area contributed by atoms with E-state index in [0.29, 0.717) is 28.0 Å². The standard InChI is InChI=1S/C76H67ClN2O2S2/c1-73(2,3)46-26-30-58-54(36-46)55-37-47(74(4,5)6)27-31-59(55)78(58)62-40-50(42-68-70(62)52-22-16-18-24-66(52)82-68)80-64-34-45(44-20-14-13-15-21-44)35-65(72(64)77)81-51-41-63(71-53-23-17-19-25-67(53)83-69(71)43-51)79-60-32-28-48(75(7,8)9)38-56(60)57-39-49(76(10,11)12)29-33-61(57)79/h13-43H,1-12H3. The number of hydrogen-bond donors (Lipinski definition) is 0. The third kappa shape index (κ3) is 9.08. The van der Waals surface area contributed by atoms with Crippen LogP contribution in [0.4, 0.5) is 0 Å². The van der Waals surface area contributed by atoms with Gasteiger partial charge in [0.25, 0.3) is 0 Å². The van der Waals surface area contributed by atoms with Crippen molar-refractivity contribution in [3.63, 3.8) is 0 Å². The second-order valence-corrected chi connectivity index (χ2v) is 29.3. The lowest BCUT2D eigenvalue weighted by molar-refractivity contribution is 0.462. The van der Waals surface area contributed by atoms with Gasteiger partial charge in [-0.15, -0.1) is 22.7 Å². The first-order valence-electron chi connectivity index (χ1n) is 28.9. The van der Waals surface area contributed by atoms with E-state index in [0.717, 1.165) is 54.0 Å². The van der Waals surface area contributed by atoms with Gasteiger partial charge in [-0.3, -0.25) is 0 Å². The summed E-state index contributed by atoms with van der Waals surface area (Å²) in [4.78, 5) is 0. The molecule has 412 valence electrons. The minimum atomic E-state index is -0.0293. The summed E-state index contributed by atoms with van der Waals surface area (Å²) in [6.07, 6.45) is 0. The lowest BCUT2D eigenvalue weighted by atomic mass is 9.85. The van der Waals surface area contributed by atoms with Gasteiger partial charge in [0, 0.05) is 74.0 Å². The zero-order valence-corrected chi connectivity index (χ0v) is 51.7. The van der Waals surface area contributed by atoms with Crippen LogP contribution in [0.2, 0.25) is 5.02 Å². The molecule has 4 heterocycles. The van der Waals surface area contributed by atoms with Crippen LogP contribution in [0.3, 0.4) is 0 Å². The Kier molecular flexibility index (Phi) is 12.2. The summed E-state index contributed by atoms with van der Waals surface area (Å²) in [5.74, 6) is 2.34. The molecule has 0 aliphatic heterocycles. The highest BCUT2D eigenvalue weighted by Gasteiger charge is 2.27. The highest BCUT2D eigenvalue weighted by atomic mass is 35.5. The average molecular weight is 1140 g/mol. The number of halogens is 1. The van der Waals surface area contributed by atoms with Crippen LogP contribution < -0.4 is 9.47 Å².